The Morgan fingerprint density at radius 1 is 1.21 bits per heavy atom. The predicted octanol–water partition coefficient (Wildman–Crippen LogP) is 3.30. The number of nitrogens with zero attached hydrogens (tertiary/aromatic N) is 2. The van der Waals surface area contributed by atoms with Gasteiger partial charge in [0.25, 0.3) is 5.91 Å². The minimum absolute atomic E-state index is 0.0646. The Bertz CT molecular complexity index is 807. The molecule has 0 saturated carbocycles. The van der Waals surface area contributed by atoms with E-state index in [-0.39, 0.29) is 16.6 Å². The lowest BCUT2D eigenvalue weighted by atomic mass is 9.94. The van der Waals surface area contributed by atoms with Crippen molar-refractivity contribution in [3.05, 3.63) is 28.8 Å². The van der Waals surface area contributed by atoms with Crippen LogP contribution in [0.5, 0.6) is 0 Å². The number of hydrogen-bond acceptors (Lipinski definition) is 4. The Morgan fingerprint density at radius 3 is 2.61 bits per heavy atom. The first-order valence-corrected chi connectivity index (χ1v) is 12.3. The molecule has 0 spiro atoms. The fourth-order valence-electron chi connectivity index (χ4n) is 4.13. The van der Waals surface area contributed by atoms with Gasteiger partial charge in [0.15, 0.2) is 0 Å². The maximum Gasteiger partial charge on any atom is 0.253 e. The number of likely N-dealkylation sites (tertiary alicyclic amines) is 2. The van der Waals surface area contributed by atoms with Crippen LogP contribution in [0.15, 0.2) is 18.2 Å². The summed E-state index contributed by atoms with van der Waals surface area (Å²) >= 11 is 6.08. The van der Waals surface area contributed by atoms with Crippen LogP contribution in [0.25, 0.3) is 0 Å². The molecule has 2 fully saturated rings. The van der Waals surface area contributed by atoms with Gasteiger partial charge in [-0.05, 0) is 68.8 Å². The highest BCUT2D eigenvalue weighted by Crippen LogP contribution is 2.27. The van der Waals surface area contributed by atoms with Crippen LogP contribution in [0.1, 0.15) is 43.0 Å². The average Bonchev–Trinajstić information content (AvgIpc) is 2.64. The lowest BCUT2D eigenvalue weighted by molar-refractivity contribution is 0.0622. The monoisotopic (exact) mass is 427 g/mol. The number of halogens is 1. The van der Waals surface area contributed by atoms with Gasteiger partial charge in [-0.3, -0.25) is 9.52 Å². The smallest absolute Gasteiger partial charge is 0.253 e. The van der Waals surface area contributed by atoms with Crippen LogP contribution in [-0.2, 0) is 10.0 Å². The molecular formula is C20H30ClN3O3S. The Labute approximate surface area is 173 Å². The van der Waals surface area contributed by atoms with Gasteiger partial charge in [-0.25, -0.2) is 8.42 Å². The third kappa shape index (κ3) is 5.84. The van der Waals surface area contributed by atoms with Gasteiger partial charge in [0.2, 0.25) is 10.0 Å². The Balaban J connectivity index is 1.64. The van der Waals surface area contributed by atoms with Crippen LogP contribution in [0.2, 0.25) is 5.02 Å². The first-order valence-electron chi connectivity index (χ1n) is 10.0. The molecule has 28 heavy (non-hydrogen) atoms. The van der Waals surface area contributed by atoms with Crippen molar-refractivity contribution in [2.24, 2.45) is 11.8 Å². The molecule has 0 radical (unpaired) electrons. The standard InChI is InChI=1S/C20H30ClN3O3S/c1-15-7-10-23(11-8-15)13-16-4-3-9-24(14-16)20(25)17-5-6-18(21)19(12-17)22-28(2,26)27/h5-6,12,15-16,22H,3-4,7-11,13-14H2,1-2H3. The number of carbonyl (C=O) groups excluding carboxylic acids is 1. The Hall–Kier alpha value is -1.31. The Morgan fingerprint density at radius 2 is 1.93 bits per heavy atom. The SMILES string of the molecule is CC1CCN(CC2CCCN(C(=O)c3ccc(Cl)c(NS(C)(=O)=O)c3)C2)CC1. The molecule has 1 atom stereocenters. The molecule has 0 aliphatic carbocycles. The van der Waals surface area contributed by atoms with Gasteiger partial charge in [-0.15, -0.1) is 0 Å². The fourth-order valence-corrected chi connectivity index (χ4v) is 4.92. The van der Waals surface area contributed by atoms with Crippen molar-refractivity contribution in [3.8, 4) is 0 Å². The van der Waals surface area contributed by atoms with E-state index in [9.17, 15) is 13.2 Å². The normalized spacial score (nSPS) is 22.2. The summed E-state index contributed by atoms with van der Waals surface area (Å²) in [5.74, 6) is 1.25. The first-order chi connectivity index (χ1) is 13.2. The zero-order chi connectivity index (χ0) is 20.3. The number of rotatable bonds is 5. The molecule has 2 saturated heterocycles. The number of anilines is 1. The summed E-state index contributed by atoms with van der Waals surface area (Å²) in [5, 5.41) is 0.276. The third-order valence-electron chi connectivity index (χ3n) is 5.71. The quantitative estimate of drug-likeness (QED) is 0.782. The topological polar surface area (TPSA) is 69.7 Å². The highest BCUT2D eigenvalue weighted by molar-refractivity contribution is 7.92. The number of sulfonamides is 1. The van der Waals surface area contributed by atoms with Crippen LogP contribution in [-0.4, -0.2) is 63.1 Å². The van der Waals surface area contributed by atoms with Crippen molar-refractivity contribution in [3.63, 3.8) is 0 Å². The molecule has 0 aromatic heterocycles. The summed E-state index contributed by atoms with van der Waals surface area (Å²) in [6.45, 7) is 7.17. The second-order valence-electron chi connectivity index (χ2n) is 8.31. The van der Waals surface area contributed by atoms with Gasteiger partial charge in [-0.1, -0.05) is 18.5 Å². The van der Waals surface area contributed by atoms with E-state index in [4.69, 9.17) is 11.6 Å². The summed E-state index contributed by atoms with van der Waals surface area (Å²) < 4.78 is 25.4. The van der Waals surface area contributed by atoms with Crippen molar-refractivity contribution in [1.29, 1.82) is 0 Å². The highest BCUT2D eigenvalue weighted by atomic mass is 35.5. The van der Waals surface area contributed by atoms with E-state index in [2.05, 4.69) is 16.5 Å². The van der Waals surface area contributed by atoms with Crippen LogP contribution in [0.3, 0.4) is 0 Å². The maximum atomic E-state index is 13.0. The van der Waals surface area contributed by atoms with Gasteiger partial charge in [0.1, 0.15) is 0 Å². The number of nitrogens with one attached hydrogen (secondary N) is 1. The van der Waals surface area contributed by atoms with E-state index in [0.717, 1.165) is 57.7 Å². The summed E-state index contributed by atoms with van der Waals surface area (Å²) in [6.07, 6.45) is 5.74. The van der Waals surface area contributed by atoms with E-state index < -0.39 is 10.0 Å². The van der Waals surface area contributed by atoms with Crippen molar-refractivity contribution < 1.29 is 13.2 Å². The molecule has 8 heteroatoms. The first kappa shape index (κ1) is 21.4. The zero-order valence-electron chi connectivity index (χ0n) is 16.7. The highest BCUT2D eigenvalue weighted by Gasteiger charge is 2.27. The zero-order valence-corrected chi connectivity index (χ0v) is 18.2. The van der Waals surface area contributed by atoms with E-state index in [1.54, 1.807) is 12.1 Å². The lowest BCUT2D eigenvalue weighted by Gasteiger charge is -2.38. The van der Waals surface area contributed by atoms with Gasteiger partial charge < -0.3 is 9.80 Å². The van der Waals surface area contributed by atoms with Crippen molar-refractivity contribution in [2.75, 3.05) is 43.7 Å². The Kier molecular flexibility index (Phi) is 6.89. The number of amides is 1. The van der Waals surface area contributed by atoms with Gasteiger partial charge in [0.05, 0.1) is 17.0 Å². The fraction of sp³-hybridized carbons (Fsp3) is 0.650. The van der Waals surface area contributed by atoms with E-state index in [0.29, 0.717) is 11.5 Å². The summed E-state index contributed by atoms with van der Waals surface area (Å²) in [7, 11) is -3.46. The van der Waals surface area contributed by atoms with E-state index >= 15 is 0 Å². The molecule has 1 amide bonds. The van der Waals surface area contributed by atoms with Crippen LogP contribution in [0, 0.1) is 11.8 Å². The maximum absolute atomic E-state index is 13.0. The van der Waals surface area contributed by atoms with Crippen LogP contribution >= 0.6 is 11.6 Å². The molecule has 6 nitrogen and oxygen atoms in total. The molecule has 1 aromatic carbocycles. The van der Waals surface area contributed by atoms with Crippen molar-refractivity contribution >= 4 is 33.2 Å². The van der Waals surface area contributed by atoms with Crippen LogP contribution < -0.4 is 4.72 Å². The third-order valence-corrected chi connectivity index (χ3v) is 6.63. The largest absolute Gasteiger partial charge is 0.338 e. The van der Waals surface area contributed by atoms with Gasteiger partial charge in [-0.2, -0.15) is 0 Å². The molecule has 1 aromatic rings. The van der Waals surface area contributed by atoms with Gasteiger partial charge in [0, 0.05) is 25.2 Å². The van der Waals surface area contributed by atoms with Crippen molar-refractivity contribution in [1.82, 2.24) is 9.80 Å². The lowest BCUT2D eigenvalue weighted by Crippen LogP contribution is -2.45. The molecular weight excluding hydrogens is 398 g/mol. The second kappa shape index (κ2) is 9.01. The number of hydrogen-bond donors (Lipinski definition) is 1. The van der Waals surface area contributed by atoms with Crippen molar-refractivity contribution in [2.45, 2.75) is 32.6 Å². The molecule has 3 rings (SSSR count). The summed E-state index contributed by atoms with van der Waals surface area (Å²) in [5.41, 5.74) is 0.703. The average molecular weight is 428 g/mol. The molecule has 2 aliphatic rings. The minimum atomic E-state index is -3.46. The molecule has 2 heterocycles. The second-order valence-corrected chi connectivity index (χ2v) is 10.5. The summed E-state index contributed by atoms with van der Waals surface area (Å²) in [6, 6.07) is 4.76. The predicted molar refractivity (Wildman–Crippen MR) is 113 cm³/mol. The number of benzene rings is 1. The molecule has 0 bridgehead atoms. The molecule has 156 valence electrons. The van der Waals surface area contributed by atoms with Gasteiger partial charge >= 0.3 is 0 Å². The van der Waals surface area contributed by atoms with E-state index in [1.807, 2.05) is 4.90 Å². The minimum Gasteiger partial charge on any atom is -0.338 e. The molecule has 1 unspecified atom stereocenters. The number of piperidine rings is 2. The summed E-state index contributed by atoms with van der Waals surface area (Å²) in [4.78, 5) is 17.4. The molecule has 2 aliphatic heterocycles. The van der Waals surface area contributed by atoms with Crippen LogP contribution in [0.4, 0.5) is 5.69 Å². The number of carbonyl (C=O) groups is 1. The molecule has 1 N–H and O–H groups in total. The van der Waals surface area contributed by atoms with E-state index in [1.165, 1.54) is 18.9 Å².